The summed E-state index contributed by atoms with van der Waals surface area (Å²) < 4.78 is 5.64. The van der Waals surface area contributed by atoms with Crippen molar-refractivity contribution in [3.8, 4) is 0 Å². The molecule has 1 aliphatic carbocycles. The van der Waals surface area contributed by atoms with Gasteiger partial charge in [0.15, 0.2) is 0 Å². The fourth-order valence-electron chi connectivity index (χ4n) is 2.11. The van der Waals surface area contributed by atoms with Gasteiger partial charge in [-0.3, -0.25) is 0 Å². The molecule has 0 aromatic heterocycles. The second-order valence-corrected chi connectivity index (χ2v) is 5.04. The smallest absolute Gasteiger partial charge is 0.0716 e. The van der Waals surface area contributed by atoms with E-state index in [9.17, 15) is 0 Å². The molecule has 17 heavy (non-hydrogen) atoms. The minimum atomic E-state index is 0.448. The van der Waals surface area contributed by atoms with Gasteiger partial charge in [0.1, 0.15) is 0 Å². The van der Waals surface area contributed by atoms with E-state index in [2.05, 4.69) is 12.1 Å². The van der Waals surface area contributed by atoms with Gasteiger partial charge in [-0.25, -0.2) is 0 Å². The van der Waals surface area contributed by atoms with Gasteiger partial charge in [-0.15, -0.1) is 0 Å². The third kappa shape index (κ3) is 4.88. The third-order valence-corrected chi connectivity index (χ3v) is 3.42. The Morgan fingerprint density at radius 3 is 2.65 bits per heavy atom. The van der Waals surface area contributed by atoms with Gasteiger partial charge in [-0.2, -0.15) is 0 Å². The van der Waals surface area contributed by atoms with E-state index in [1.54, 1.807) is 0 Å². The Morgan fingerprint density at radius 1 is 1.18 bits per heavy atom. The van der Waals surface area contributed by atoms with Gasteiger partial charge in [-0.1, -0.05) is 30.3 Å². The molecule has 2 rings (SSSR count). The van der Waals surface area contributed by atoms with E-state index in [4.69, 9.17) is 10.5 Å². The van der Waals surface area contributed by atoms with Gasteiger partial charge in [0, 0.05) is 12.6 Å². The first-order valence-electron chi connectivity index (χ1n) is 6.73. The molecule has 0 saturated heterocycles. The van der Waals surface area contributed by atoms with Crippen molar-refractivity contribution in [3.05, 3.63) is 35.9 Å². The molecule has 1 aromatic rings. The van der Waals surface area contributed by atoms with Crippen molar-refractivity contribution in [3.63, 3.8) is 0 Å². The van der Waals surface area contributed by atoms with Gasteiger partial charge >= 0.3 is 0 Å². The average Bonchev–Trinajstić information content (AvgIpc) is 3.19. The number of benzene rings is 1. The lowest BCUT2D eigenvalue weighted by Crippen LogP contribution is -2.22. The van der Waals surface area contributed by atoms with Crippen LogP contribution in [0.3, 0.4) is 0 Å². The Bertz CT molecular complexity index is 308. The van der Waals surface area contributed by atoms with Crippen LogP contribution in [-0.4, -0.2) is 12.6 Å². The molecular formula is C15H23NO. The fourth-order valence-corrected chi connectivity index (χ4v) is 2.11. The van der Waals surface area contributed by atoms with Crippen LogP contribution < -0.4 is 5.73 Å². The van der Waals surface area contributed by atoms with Crippen LogP contribution in [0.15, 0.2) is 30.3 Å². The molecule has 0 aliphatic heterocycles. The van der Waals surface area contributed by atoms with Gasteiger partial charge < -0.3 is 10.5 Å². The largest absolute Gasteiger partial charge is 0.377 e. The van der Waals surface area contributed by atoms with Crippen molar-refractivity contribution >= 4 is 0 Å². The lowest BCUT2D eigenvalue weighted by molar-refractivity contribution is 0.116. The van der Waals surface area contributed by atoms with Crippen molar-refractivity contribution in [2.24, 2.45) is 11.7 Å². The summed E-state index contributed by atoms with van der Waals surface area (Å²) in [5, 5.41) is 0. The van der Waals surface area contributed by atoms with Gasteiger partial charge in [-0.05, 0) is 43.6 Å². The van der Waals surface area contributed by atoms with Crippen LogP contribution in [0.4, 0.5) is 0 Å². The molecule has 0 bridgehead atoms. The van der Waals surface area contributed by atoms with Crippen molar-refractivity contribution < 1.29 is 4.74 Å². The van der Waals surface area contributed by atoms with E-state index in [1.165, 1.54) is 31.2 Å². The van der Waals surface area contributed by atoms with E-state index in [-0.39, 0.29) is 0 Å². The number of unbranched alkanes of at least 4 members (excludes halogenated alkanes) is 1. The Kier molecular flexibility index (Phi) is 5.02. The zero-order chi connectivity index (χ0) is 11.9. The van der Waals surface area contributed by atoms with Crippen molar-refractivity contribution in [1.29, 1.82) is 0 Å². The first kappa shape index (κ1) is 12.6. The fraction of sp³-hybridized carbons (Fsp3) is 0.600. The summed E-state index contributed by atoms with van der Waals surface area (Å²) in [6.07, 6.45) is 6.20. The molecular weight excluding hydrogens is 210 g/mol. The molecule has 1 unspecified atom stereocenters. The molecule has 0 radical (unpaired) electrons. The number of hydrogen-bond donors (Lipinski definition) is 1. The highest BCUT2D eigenvalue weighted by atomic mass is 16.5. The standard InChI is InChI=1S/C15H23NO/c16-15(14-9-10-14)8-4-5-11-17-12-13-6-2-1-3-7-13/h1-3,6-7,14-15H,4-5,8-12,16H2. The van der Waals surface area contributed by atoms with E-state index >= 15 is 0 Å². The predicted molar refractivity (Wildman–Crippen MR) is 70.6 cm³/mol. The molecule has 2 heteroatoms. The molecule has 1 fully saturated rings. The maximum Gasteiger partial charge on any atom is 0.0716 e. The van der Waals surface area contributed by atoms with Crippen LogP contribution in [0.25, 0.3) is 0 Å². The first-order valence-corrected chi connectivity index (χ1v) is 6.73. The minimum Gasteiger partial charge on any atom is -0.377 e. The molecule has 2 N–H and O–H groups in total. The molecule has 1 atom stereocenters. The van der Waals surface area contributed by atoms with Crippen LogP contribution in [0.1, 0.15) is 37.7 Å². The molecule has 2 nitrogen and oxygen atoms in total. The van der Waals surface area contributed by atoms with Crippen LogP contribution >= 0.6 is 0 Å². The topological polar surface area (TPSA) is 35.2 Å². The second kappa shape index (κ2) is 6.77. The third-order valence-electron chi connectivity index (χ3n) is 3.42. The summed E-state index contributed by atoms with van der Waals surface area (Å²) in [6.45, 7) is 1.59. The molecule has 1 aliphatic rings. The predicted octanol–water partition coefficient (Wildman–Crippen LogP) is 3.11. The Balaban J connectivity index is 1.46. The monoisotopic (exact) mass is 233 g/mol. The van der Waals surface area contributed by atoms with E-state index in [0.29, 0.717) is 6.04 Å². The van der Waals surface area contributed by atoms with Crippen LogP contribution in [0.2, 0.25) is 0 Å². The molecule has 94 valence electrons. The maximum absolute atomic E-state index is 6.04. The molecule has 1 saturated carbocycles. The lowest BCUT2D eigenvalue weighted by Gasteiger charge is -2.09. The summed E-state index contributed by atoms with van der Waals surface area (Å²) in [5.41, 5.74) is 7.30. The first-order chi connectivity index (χ1) is 8.36. The Morgan fingerprint density at radius 2 is 1.94 bits per heavy atom. The average molecular weight is 233 g/mol. The Labute approximate surface area is 104 Å². The van der Waals surface area contributed by atoms with Gasteiger partial charge in [0.2, 0.25) is 0 Å². The SMILES string of the molecule is NC(CCCCOCc1ccccc1)C1CC1. The highest BCUT2D eigenvalue weighted by Gasteiger charge is 2.27. The Hall–Kier alpha value is -0.860. The van der Waals surface area contributed by atoms with Gasteiger partial charge in [0.25, 0.3) is 0 Å². The van der Waals surface area contributed by atoms with E-state index in [1.807, 2.05) is 18.2 Å². The number of rotatable bonds is 8. The maximum atomic E-state index is 6.04. The van der Waals surface area contributed by atoms with Gasteiger partial charge in [0.05, 0.1) is 6.61 Å². The van der Waals surface area contributed by atoms with Crippen molar-refractivity contribution in [2.45, 2.75) is 44.8 Å². The quantitative estimate of drug-likeness (QED) is 0.700. The minimum absolute atomic E-state index is 0.448. The number of hydrogen-bond acceptors (Lipinski definition) is 2. The van der Waals surface area contributed by atoms with Crippen molar-refractivity contribution in [2.75, 3.05) is 6.61 Å². The molecule has 1 aromatic carbocycles. The number of ether oxygens (including phenoxy) is 1. The van der Waals surface area contributed by atoms with Crippen LogP contribution in [0, 0.1) is 5.92 Å². The van der Waals surface area contributed by atoms with E-state index in [0.717, 1.165) is 25.6 Å². The highest BCUT2D eigenvalue weighted by Crippen LogP contribution is 2.33. The molecule has 0 spiro atoms. The van der Waals surface area contributed by atoms with Crippen molar-refractivity contribution in [1.82, 2.24) is 0 Å². The summed E-state index contributed by atoms with van der Waals surface area (Å²) in [4.78, 5) is 0. The summed E-state index contributed by atoms with van der Waals surface area (Å²) in [6, 6.07) is 10.8. The summed E-state index contributed by atoms with van der Waals surface area (Å²) in [7, 11) is 0. The van der Waals surface area contributed by atoms with Crippen LogP contribution in [-0.2, 0) is 11.3 Å². The molecule has 0 heterocycles. The summed E-state index contributed by atoms with van der Waals surface area (Å²) >= 11 is 0. The summed E-state index contributed by atoms with van der Waals surface area (Å²) in [5.74, 6) is 0.834. The zero-order valence-electron chi connectivity index (χ0n) is 10.5. The lowest BCUT2D eigenvalue weighted by atomic mass is 10.1. The normalized spacial score (nSPS) is 17.0. The second-order valence-electron chi connectivity index (χ2n) is 5.04. The molecule has 0 amide bonds. The number of nitrogens with two attached hydrogens (primary N) is 1. The van der Waals surface area contributed by atoms with Crippen LogP contribution in [0.5, 0.6) is 0 Å². The van der Waals surface area contributed by atoms with E-state index < -0.39 is 0 Å². The highest BCUT2D eigenvalue weighted by molar-refractivity contribution is 5.13. The zero-order valence-corrected chi connectivity index (χ0v) is 10.5.